The average Bonchev–Trinajstić information content (AvgIpc) is 2.35. The van der Waals surface area contributed by atoms with E-state index in [-0.39, 0.29) is 12.1 Å². The van der Waals surface area contributed by atoms with Gasteiger partial charge in [-0.05, 0) is 71.8 Å². The second-order valence-corrected chi connectivity index (χ2v) is 8.65. The zero-order chi connectivity index (χ0) is 17.5. The third-order valence-electron chi connectivity index (χ3n) is 4.36. The van der Waals surface area contributed by atoms with Crippen LogP contribution in [0.1, 0.15) is 80.1 Å². The summed E-state index contributed by atoms with van der Waals surface area (Å²) in [5, 5.41) is 6.59. The van der Waals surface area contributed by atoms with Crippen molar-refractivity contribution in [1.29, 1.82) is 0 Å². The Hall–Kier alpha value is -0.770. The van der Waals surface area contributed by atoms with E-state index in [0.717, 1.165) is 24.8 Å². The molecule has 0 bridgehead atoms. The van der Waals surface area contributed by atoms with Gasteiger partial charge in [-0.1, -0.05) is 26.7 Å². The van der Waals surface area contributed by atoms with E-state index in [1.54, 1.807) is 0 Å². The number of amides is 1. The molecule has 0 aromatic heterocycles. The van der Waals surface area contributed by atoms with Crippen LogP contribution in [0.25, 0.3) is 0 Å². The Morgan fingerprint density at radius 3 is 2.52 bits per heavy atom. The van der Waals surface area contributed by atoms with Gasteiger partial charge in [-0.3, -0.25) is 0 Å². The molecule has 1 aliphatic rings. The van der Waals surface area contributed by atoms with Crippen molar-refractivity contribution in [1.82, 2.24) is 10.6 Å². The van der Waals surface area contributed by atoms with Gasteiger partial charge in [0.2, 0.25) is 0 Å². The van der Waals surface area contributed by atoms with Crippen molar-refractivity contribution in [2.24, 2.45) is 11.8 Å². The first kappa shape index (κ1) is 20.3. The summed E-state index contributed by atoms with van der Waals surface area (Å²) in [6, 6.07) is 0.786. The van der Waals surface area contributed by atoms with Crippen LogP contribution in [-0.2, 0) is 4.74 Å². The molecule has 23 heavy (non-hydrogen) atoms. The molecule has 1 amide bonds. The molecule has 4 nitrogen and oxygen atoms in total. The second kappa shape index (κ2) is 9.51. The molecule has 0 radical (unpaired) electrons. The number of carbonyl (C=O) groups excluding carboxylic acids is 1. The van der Waals surface area contributed by atoms with Gasteiger partial charge in [0, 0.05) is 12.1 Å². The standard InChI is InChI=1S/C19H38N2O2/c1-14(2)12-16-8-7-9-17(13-16)20-11-10-15(3)21-18(22)23-19(4,5)6/h14-17,20H,7-13H2,1-6H3,(H,21,22). The molecule has 1 rings (SSSR count). The number of carbonyl (C=O) groups is 1. The topological polar surface area (TPSA) is 50.4 Å². The van der Waals surface area contributed by atoms with Crippen molar-refractivity contribution in [2.75, 3.05) is 6.54 Å². The van der Waals surface area contributed by atoms with Crippen LogP contribution in [0.3, 0.4) is 0 Å². The molecule has 3 unspecified atom stereocenters. The van der Waals surface area contributed by atoms with Crippen LogP contribution in [0.4, 0.5) is 4.79 Å². The minimum Gasteiger partial charge on any atom is -0.444 e. The Labute approximate surface area is 143 Å². The predicted molar refractivity (Wildman–Crippen MR) is 96.7 cm³/mol. The SMILES string of the molecule is CC(C)CC1CCCC(NCCC(C)NC(=O)OC(C)(C)C)C1. The largest absolute Gasteiger partial charge is 0.444 e. The van der Waals surface area contributed by atoms with Crippen molar-refractivity contribution < 1.29 is 9.53 Å². The lowest BCUT2D eigenvalue weighted by Crippen LogP contribution is -2.41. The molecular weight excluding hydrogens is 288 g/mol. The molecule has 0 heterocycles. The van der Waals surface area contributed by atoms with E-state index < -0.39 is 5.60 Å². The highest BCUT2D eigenvalue weighted by molar-refractivity contribution is 5.67. The van der Waals surface area contributed by atoms with Crippen LogP contribution in [-0.4, -0.2) is 30.3 Å². The van der Waals surface area contributed by atoms with E-state index >= 15 is 0 Å². The Morgan fingerprint density at radius 2 is 1.91 bits per heavy atom. The third kappa shape index (κ3) is 9.85. The predicted octanol–water partition coefficient (Wildman–Crippen LogP) is 4.48. The molecule has 136 valence electrons. The number of ether oxygens (including phenoxy) is 1. The van der Waals surface area contributed by atoms with Gasteiger partial charge in [0.1, 0.15) is 5.60 Å². The molecule has 1 saturated carbocycles. The van der Waals surface area contributed by atoms with Crippen molar-refractivity contribution >= 4 is 6.09 Å². The zero-order valence-corrected chi connectivity index (χ0v) is 16.1. The molecular formula is C19H38N2O2. The molecule has 1 fully saturated rings. The molecule has 4 heteroatoms. The van der Waals surface area contributed by atoms with Crippen LogP contribution >= 0.6 is 0 Å². The van der Waals surface area contributed by atoms with Crippen LogP contribution in [0, 0.1) is 11.8 Å². The lowest BCUT2D eigenvalue weighted by atomic mass is 9.81. The lowest BCUT2D eigenvalue weighted by Gasteiger charge is -2.31. The summed E-state index contributed by atoms with van der Waals surface area (Å²) >= 11 is 0. The molecule has 0 saturated heterocycles. The first-order valence-electron chi connectivity index (χ1n) is 9.38. The Bertz CT molecular complexity index is 350. The third-order valence-corrected chi connectivity index (χ3v) is 4.36. The summed E-state index contributed by atoms with van der Waals surface area (Å²) in [5.41, 5.74) is -0.435. The van der Waals surface area contributed by atoms with Crippen molar-refractivity contribution in [3.8, 4) is 0 Å². The Morgan fingerprint density at radius 1 is 1.22 bits per heavy atom. The summed E-state index contributed by atoms with van der Waals surface area (Å²) in [5.74, 6) is 1.69. The summed E-state index contributed by atoms with van der Waals surface area (Å²) in [7, 11) is 0. The molecule has 0 aromatic carbocycles. The number of rotatable bonds is 7. The van der Waals surface area contributed by atoms with Crippen molar-refractivity contribution in [3.63, 3.8) is 0 Å². The number of hydrogen-bond acceptors (Lipinski definition) is 3. The maximum atomic E-state index is 11.7. The van der Waals surface area contributed by atoms with Crippen LogP contribution in [0.15, 0.2) is 0 Å². The molecule has 0 spiro atoms. The first-order valence-corrected chi connectivity index (χ1v) is 9.38. The minimum atomic E-state index is -0.435. The average molecular weight is 327 g/mol. The molecule has 0 aromatic rings. The van der Waals surface area contributed by atoms with E-state index in [0.29, 0.717) is 6.04 Å². The normalized spacial score (nSPS) is 23.6. The number of alkyl carbamates (subject to hydrolysis) is 1. The van der Waals surface area contributed by atoms with Crippen molar-refractivity contribution in [2.45, 2.75) is 97.8 Å². The molecule has 1 aliphatic carbocycles. The van der Waals surface area contributed by atoms with Gasteiger partial charge >= 0.3 is 6.09 Å². The van der Waals surface area contributed by atoms with Gasteiger partial charge in [-0.2, -0.15) is 0 Å². The first-order chi connectivity index (χ1) is 10.7. The zero-order valence-electron chi connectivity index (χ0n) is 16.1. The fourth-order valence-electron chi connectivity index (χ4n) is 3.44. The summed E-state index contributed by atoms with van der Waals surface area (Å²) in [4.78, 5) is 11.7. The van der Waals surface area contributed by atoms with Gasteiger partial charge in [0.05, 0.1) is 0 Å². The fraction of sp³-hybridized carbons (Fsp3) is 0.947. The van der Waals surface area contributed by atoms with Gasteiger partial charge in [0.15, 0.2) is 0 Å². The van der Waals surface area contributed by atoms with E-state index in [4.69, 9.17) is 4.74 Å². The monoisotopic (exact) mass is 326 g/mol. The van der Waals surface area contributed by atoms with E-state index in [1.807, 2.05) is 27.7 Å². The summed E-state index contributed by atoms with van der Waals surface area (Å²) in [6.45, 7) is 13.3. The van der Waals surface area contributed by atoms with E-state index in [2.05, 4.69) is 24.5 Å². The van der Waals surface area contributed by atoms with Gasteiger partial charge in [0.25, 0.3) is 0 Å². The highest BCUT2D eigenvalue weighted by Crippen LogP contribution is 2.29. The summed E-state index contributed by atoms with van der Waals surface area (Å²) < 4.78 is 5.29. The van der Waals surface area contributed by atoms with Crippen LogP contribution < -0.4 is 10.6 Å². The van der Waals surface area contributed by atoms with Crippen LogP contribution in [0.2, 0.25) is 0 Å². The maximum absolute atomic E-state index is 11.7. The number of nitrogens with one attached hydrogen (secondary N) is 2. The van der Waals surface area contributed by atoms with Crippen LogP contribution in [0.5, 0.6) is 0 Å². The molecule has 3 atom stereocenters. The molecule has 2 N–H and O–H groups in total. The second-order valence-electron chi connectivity index (χ2n) is 8.65. The fourth-order valence-corrected chi connectivity index (χ4v) is 3.44. The molecule has 0 aliphatic heterocycles. The highest BCUT2D eigenvalue weighted by Gasteiger charge is 2.22. The van der Waals surface area contributed by atoms with E-state index in [9.17, 15) is 4.79 Å². The Balaban J connectivity index is 2.19. The number of hydrogen-bond donors (Lipinski definition) is 2. The lowest BCUT2D eigenvalue weighted by molar-refractivity contribution is 0.0506. The van der Waals surface area contributed by atoms with E-state index in [1.165, 1.54) is 32.1 Å². The Kier molecular flexibility index (Phi) is 8.38. The van der Waals surface area contributed by atoms with Gasteiger partial charge in [-0.25, -0.2) is 4.79 Å². The smallest absolute Gasteiger partial charge is 0.407 e. The summed E-state index contributed by atoms with van der Waals surface area (Å²) in [6.07, 6.45) is 7.32. The quantitative estimate of drug-likeness (QED) is 0.725. The minimum absolute atomic E-state index is 0.132. The van der Waals surface area contributed by atoms with Gasteiger partial charge in [-0.15, -0.1) is 0 Å². The highest BCUT2D eigenvalue weighted by atomic mass is 16.6. The van der Waals surface area contributed by atoms with Gasteiger partial charge < -0.3 is 15.4 Å². The van der Waals surface area contributed by atoms with Crippen molar-refractivity contribution in [3.05, 3.63) is 0 Å². The maximum Gasteiger partial charge on any atom is 0.407 e.